The van der Waals surface area contributed by atoms with E-state index in [9.17, 15) is 13.6 Å². The minimum absolute atomic E-state index is 0.174. The Bertz CT molecular complexity index is 1190. The van der Waals surface area contributed by atoms with Crippen LogP contribution in [0.4, 0.5) is 25.8 Å². The molecule has 170 valence electrons. The summed E-state index contributed by atoms with van der Waals surface area (Å²) in [6, 6.07) is 16.7. The second kappa shape index (κ2) is 10.1. The van der Waals surface area contributed by atoms with E-state index in [1.54, 1.807) is 47.4 Å². The number of hydrogen-bond acceptors (Lipinski definition) is 4. The second-order valence-electron chi connectivity index (χ2n) is 7.81. The molecular weight excluding hydrogens is 442 g/mol. The van der Waals surface area contributed by atoms with E-state index in [0.717, 1.165) is 18.4 Å². The SMILES string of the molecule is NCc1cccc(NC(C(=O)Nc2ccc(N3CCCC3=S)c(F)c2)c2ccccc2F)c1. The van der Waals surface area contributed by atoms with E-state index in [2.05, 4.69) is 10.6 Å². The molecule has 0 saturated carbocycles. The maximum atomic E-state index is 14.8. The van der Waals surface area contributed by atoms with Gasteiger partial charge in [0.1, 0.15) is 17.7 Å². The summed E-state index contributed by atoms with van der Waals surface area (Å²) >= 11 is 5.30. The summed E-state index contributed by atoms with van der Waals surface area (Å²) in [5, 5.41) is 5.78. The monoisotopic (exact) mass is 466 g/mol. The molecule has 1 aliphatic heterocycles. The topological polar surface area (TPSA) is 70.4 Å². The van der Waals surface area contributed by atoms with Gasteiger partial charge in [-0.2, -0.15) is 0 Å². The van der Waals surface area contributed by atoms with Crippen LogP contribution in [0.5, 0.6) is 0 Å². The first kappa shape index (κ1) is 22.8. The molecule has 0 spiro atoms. The number of nitrogens with two attached hydrogens (primary N) is 1. The number of amides is 1. The van der Waals surface area contributed by atoms with E-state index < -0.39 is 23.6 Å². The summed E-state index contributed by atoms with van der Waals surface area (Å²) in [6.45, 7) is 1.00. The molecule has 0 radical (unpaired) electrons. The molecule has 1 unspecified atom stereocenters. The molecule has 3 aromatic carbocycles. The number of nitrogens with one attached hydrogen (secondary N) is 2. The molecule has 0 aromatic heterocycles. The van der Waals surface area contributed by atoms with Crippen LogP contribution in [0.3, 0.4) is 0 Å². The molecule has 33 heavy (non-hydrogen) atoms. The van der Waals surface area contributed by atoms with Crippen molar-refractivity contribution in [3.63, 3.8) is 0 Å². The predicted molar refractivity (Wildman–Crippen MR) is 131 cm³/mol. The van der Waals surface area contributed by atoms with Crippen molar-refractivity contribution in [2.75, 3.05) is 22.1 Å². The molecule has 1 amide bonds. The van der Waals surface area contributed by atoms with Crippen LogP contribution in [0.25, 0.3) is 0 Å². The first-order chi connectivity index (χ1) is 16.0. The molecule has 1 atom stereocenters. The Morgan fingerprint density at radius 3 is 2.55 bits per heavy atom. The van der Waals surface area contributed by atoms with Gasteiger partial charge in [0.05, 0.1) is 10.7 Å². The molecule has 4 N–H and O–H groups in total. The summed E-state index contributed by atoms with van der Waals surface area (Å²) in [4.78, 5) is 15.7. The van der Waals surface area contributed by atoms with Gasteiger partial charge < -0.3 is 21.3 Å². The summed E-state index contributed by atoms with van der Waals surface area (Å²) in [7, 11) is 0. The minimum Gasteiger partial charge on any atom is -0.370 e. The summed E-state index contributed by atoms with van der Waals surface area (Å²) < 4.78 is 29.4. The van der Waals surface area contributed by atoms with E-state index >= 15 is 0 Å². The number of benzene rings is 3. The van der Waals surface area contributed by atoms with Gasteiger partial charge in [0.25, 0.3) is 5.91 Å². The van der Waals surface area contributed by atoms with Crippen molar-refractivity contribution in [2.45, 2.75) is 25.4 Å². The predicted octanol–water partition coefficient (Wildman–Crippen LogP) is 5.14. The van der Waals surface area contributed by atoms with E-state index in [1.165, 1.54) is 18.2 Å². The number of thiocarbonyl (C=S) groups is 1. The molecular formula is C25H24F2N4OS. The van der Waals surface area contributed by atoms with Crippen molar-refractivity contribution in [1.82, 2.24) is 0 Å². The lowest BCUT2D eigenvalue weighted by Crippen LogP contribution is -2.28. The van der Waals surface area contributed by atoms with Crippen molar-refractivity contribution in [3.8, 4) is 0 Å². The van der Waals surface area contributed by atoms with E-state index in [4.69, 9.17) is 18.0 Å². The number of anilines is 3. The maximum Gasteiger partial charge on any atom is 0.251 e. The number of halogens is 2. The van der Waals surface area contributed by atoms with Gasteiger partial charge in [-0.05, 0) is 54.8 Å². The highest BCUT2D eigenvalue weighted by Gasteiger charge is 2.25. The maximum absolute atomic E-state index is 14.8. The number of carbonyl (C=O) groups is 1. The first-order valence-electron chi connectivity index (χ1n) is 10.7. The molecule has 3 aromatic rings. The Kier molecular flexibility index (Phi) is 6.96. The van der Waals surface area contributed by atoms with Gasteiger partial charge in [-0.3, -0.25) is 4.79 Å². The lowest BCUT2D eigenvalue weighted by Gasteiger charge is -2.22. The van der Waals surface area contributed by atoms with Crippen molar-refractivity contribution in [2.24, 2.45) is 5.73 Å². The molecule has 1 heterocycles. The minimum atomic E-state index is -1.05. The van der Waals surface area contributed by atoms with Crippen LogP contribution >= 0.6 is 12.2 Å². The Morgan fingerprint density at radius 2 is 1.85 bits per heavy atom. The van der Waals surface area contributed by atoms with Crippen LogP contribution in [0, 0.1) is 11.6 Å². The number of carbonyl (C=O) groups excluding carboxylic acids is 1. The summed E-state index contributed by atoms with van der Waals surface area (Å²) in [6.07, 6.45) is 1.65. The van der Waals surface area contributed by atoms with E-state index in [1.807, 2.05) is 6.07 Å². The third-order valence-corrected chi connectivity index (χ3v) is 5.96. The van der Waals surface area contributed by atoms with Crippen molar-refractivity contribution in [1.29, 1.82) is 0 Å². The molecule has 1 saturated heterocycles. The van der Waals surface area contributed by atoms with Crippen molar-refractivity contribution >= 4 is 40.2 Å². The zero-order chi connectivity index (χ0) is 23.4. The lowest BCUT2D eigenvalue weighted by atomic mass is 10.0. The zero-order valence-corrected chi connectivity index (χ0v) is 18.7. The molecule has 4 rings (SSSR count). The Hall–Kier alpha value is -3.36. The van der Waals surface area contributed by atoms with Gasteiger partial charge in [-0.15, -0.1) is 0 Å². The van der Waals surface area contributed by atoms with Crippen LogP contribution in [0.2, 0.25) is 0 Å². The van der Waals surface area contributed by atoms with Gasteiger partial charge in [0.15, 0.2) is 0 Å². The Morgan fingerprint density at radius 1 is 1.03 bits per heavy atom. The number of rotatable bonds is 7. The Balaban J connectivity index is 1.59. The average Bonchev–Trinajstić information content (AvgIpc) is 3.24. The molecule has 0 aliphatic carbocycles. The zero-order valence-electron chi connectivity index (χ0n) is 17.9. The van der Waals surface area contributed by atoms with Gasteiger partial charge in [0, 0.05) is 30.0 Å². The number of hydrogen-bond donors (Lipinski definition) is 3. The molecule has 0 bridgehead atoms. The molecule has 1 aliphatic rings. The standard InChI is InChI=1S/C25H24F2N4OS/c26-20-8-2-1-7-19(20)24(29-17-6-3-5-16(13-17)15-28)25(32)30-18-10-11-22(21(27)14-18)31-12-4-9-23(31)33/h1-3,5-8,10-11,13-14,24,29H,4,9,12,15,28H2,(H,30,32). The molecule has 5 nitrogen and oxygen atoms in total. The van der Waals surface area contributed by atoms with Crippen LogP contribution in [0.1, 0.15) is 30.0 Å². The Labute approximate surface area is 196 Å². The van der Waals surface area contributed by atoms with E-state index in [-0.39, 0.29) is 11.3 Å². The van der Waals surface area contributed by atoms with Crippen LogP contribution in [0.15, 0.2) is 66.7 Å². The quantitative estimate of drug-likeness (QED) is 0.421. The average molecular weight is 467 g/mol. The van der Waals surface area contributed by atoms with Crippen LogP contribution in [-0.2, 0) is 11.3 Å². The number of nitrogens with zero attached hydrogens (tertiary/aromatic N) is 1. The fraction of sp³-hybridized carbons (Fsp3) is 0.200. The van der Waals surface area contributed by atoms with Crippen molar-refractivity contribution in [3.05, 3.63) is 89.5 Å². The highest BCUT2D eigenvalue weighted by Crippen LogP contribution is 2.29. The summed E-state index contributed by atoms with van der Waals surface area (Å²) in [5.41, 5.74) is 8.02. The molecule has 1 fully saturated rings. The normalized spacial score (nSPS) is 14.3. The van der Waals surface area contributed by atoms with Gasteiger partial charge in [-0.25, -0.2) is 8.78 Å². The van der Waals surface area contributed by atoms with Gasteiger partial charge in [-0.1, -0.05) is 42.5 Å². The van der Waals surface area contributed by atoms with Gasteiger partial charge in [0.2, 0.25) is 0 Å². The third kappa shape index (κ3) is 5.18. The van der Waals surface area contributed by atoms with Crippen LogP contribution in [-0.4, -0.2) is 17.4 Å². The second-order valence-corrected chi connectivity index (χ2v) is 8.28. The lowest BCUT2D eigenvalue weighted by molar-refractivity contribution is -0.117. The smallest absolute Gasteiger partial charge is 0.251 e. The fourth-order valence-electron chi connectivity index (χ4n) is 3.87. The fourth-order valence-corrected chi connectivity index (χ4v) is 4.20. The van der Waals surface area contributed by atoms with Crippen LogP contribution < -0.4 is 21.3 Å². The first-order valence-corrected chi connectivity index (χ1v) is 11.1. The molecule has 8 heteroatoms. The highest BCUT2D eigenvalue weighted by molar-refractivity contribution is 7.80. The largest absolute Gasteiger partial charge is 0.370 e. The third-order valence-electron chi connectivity index (χ3n) is 5.53. The van der Waals surface area contributed by atoms with E-state index in [0.29, 0.717) is 29.5 Å². The summed E-state index contributed by atoms with van der Waals surface area (Å²) in [5.74, 6) is -1.53. The highest BCUT2D eigenvalue weighted by atomic mass is 32.1. The van der Waals surface area contributed by atoms with Crippen molar-refractivity contribution < 1.29 is 13.6 Å². The van der Waals surface area contributed by atoms with Gasteiger partial charge >= 0.3 is 0 Å².